The molecule has 1 aromatic carbocycles. The van der Waals surface area contributed by atoms with Gasteiger partial charge in [0.05, 0.1) is 23.9 Å². The Labute approximate surface area is 149 Å². The highest BCUT2D eigenvalue weighted by Crippen LogP contribution is 2.23. The summed E-state index contributed by atoms with van der Waals surface area (Å²) in [5.41, 5.74) is 1.51. The van der Waals surface area contributed by atoms with Crippen molar-refractivity contribution in [3.8, 4) is 0 Å². The molecule has 2 aromatic rings. The minimum atomic E-state index is -3.68. The zero-order valence-electron chi connectivity index (χ0n) is 14.4. The van der Waals surface area contributed by atoms with E-state index < -0.39 is 16.3 Å². The van der Waals surface area contributed by atoms with Crippen LogP contribution in [0.25, 0.3) is 0 Å². The normalized spacial score (nSPS) is 23.3. The lowest BCUT2D eigenvalue weighted by molar-refractivity contribution is -0.0444. The summed E-state index contributed by atoms with van der Waals surface area (Å²) in [6, 6.07) is 14.4. The maximum atomic E-state index is 13.0. The smallest absolute Gasteiger partial charge is 0.280 e. The Morgan fingerprint density at radius 3 is 2.32 bits per heavy atom. The van der Waals surface area contributed by atoms with Gasteiger partial charge in [0.1, 0.15) is 0 Å². The molecule has 1 aliphatic rings. The lowest BCUT2D eigenvalue weighted by Crippen LogP contribution is -2.52. The van der Waals surface area contributed by atoms with Crippen LogP contribution in [0.3, 0.4) is 0 Å². The Hall–Kier alpha value is -1.80. The minimum absolute atomic E-state index is 0.134. The summed E-state index contributed by atoms with van der Waals surface area (Å²) < 4.78 is 35.8. The average Bonchev–Trinajstić information content (AvgIpc) is 2.60. The first-order valence-corrected chi connectivity index (χ1v) is 9.78. The Kier molecular flexibility index (Phi) is 5.48. The van der Waals surface area contributed by atoms with Gasteiger partial charge in [0.15, 0.2) is 0 Å². The van der Waals surface area contributed by atoms with Crippen molar-refractivity contribution in [2.75, 3.05) is 13.1 Å². The molecule has 25 heavy (non-hydrogen) atoms. The molecular weight excluding hydrogens is 338 g/mol. The fraction of sp³-hybridized carbons (Fsp3) is 0.389. The van der Waals surface area contributed by atoms with Crippen LogP contribution >= 0.6 is 0 Å². The molecule has 0 amide bonds. The first kappa shape index (κ1) is 18.0. The van der Waals surface area contributed by atoms with Gasteiger partial charge in [-0.05, 0) is 31.5 Å². The Bertz CT molecular complexity index is 734. The third-order valence-electron chi connectivity index (χ3n) is 4.11. The second-order valence-electron chi connectivity index (χ2n) is 6.30. The summed E-state index contributed by atoms with van der Waals surface area (Å²) in [5, 5.41) is 0. The summed E-state index contributed by atoms with van der Waals surface area (Å²) >= 11 is 0. The molecule has 1 N–H and O–H groups in total. The van der Waals surface area contributed by atoms with Crippen LogP contribution in [0, 0.1) is 0 Å². The van der Waals surface area contributed by atoms with Gasteiger partial charge in [-0.15, -0.1) is 0 Å². The van der Waals surface area contributed by atoms with Crippen LogP contribution in [-0.4, -0.2) is 43.0 Å². The minimum Gasteiger partial charge on any atom is -0.373 e. The summed E-state index contributed by atoms with van der Waals surface area (Å²) in [4.78, 5) is 4.34. The van der Waals surface area contributed by atoms with Gasteiger partial charge in [-0.25, -0.2) is 0 Å². The number of pyridine rings is 1. The number of hydrogen-bond donors (Lipinski definition) is 1. The van der Waals surface area contributed by atoms with Crippen molar-refractivity contribution in [3.63, 3.8) is 0 Å². The largest absolute Gasteiger partial charge is 0.373 e. The fourth-order valence-corrected chi connectivity index (χ4v) is 4.56. The molecule has 1 aromatic heterocycles. The van der Waals surface area contributed by atoms with Crippen LogP contribution in [0.15, 0.2) is 54.7 Å². The van der Waals surface area contributed by atoms with E-state index in [1.807, 2.05) is 62.4 Å². The molecule has 1 aliphatic heterocycles. The van der Waals surface area contributed by atoms with Crippen molar-refractivity contribution in [1.82, 2.24) is 14.0 Å². The maximum absolute atomic E-state index is 13.0. The summed E-state index contributed by atoms with van der Waals surface area (Å²) in [6.07, 6.45) is 1.40. The van der Waals surface area contributed by atoms with E-state index in [9.17, 15) is 8.42 Å². The van der Waals surface area contributed by atoms with E-state index in [1.54, 1.807) is 6.20 Å². The van der Waals surface area contributed by atoms with Crippen molar-refractivity contribution in [2.24, 2.45) is 0 Å². The predicted molar refractivity (Wildman–Crippen MR) is 96.2 cm³/mol. The molecule has 0 saturated carbocycles. The lowest BCUT2D eigenvalue weighted by atomic mass is 10.0. The van der Waals surface area contributed by atoms with Crippen molar-refractivity contribution in [3.05, 3.63) is 66.0 Å². The molecule has 0 bridgehead atoms. The van der Waals surface area contributed by atoms with Crippen molar-refractivity contribution < 1.29 is 13.2 Å². The van der Waals surface area contributed by atoms with Crippen LogP contribution in [0.4, 0.5) is 0 Å². The molecule has 0 aliphatic carbocycles. The van der Waals surface area contributed by atoms with Gasteiger partial charge < -0.3 is 4.74 Å². The van der Waals surface area contributed by atoms with Crippen LogP contribution in [0.1, 0.15) is 31.1 Å². The third-order valence-corrected chi connectivity index (χ3v) is 5.62. The van der Waals surface area contributed by atoms with Gasteiger partial charge in [0.2, 0.25) is 0 Å². The molecule has 3 unspecified atom stereocenters. The van der Waals surface area contributed by atoms with Gasteiger partial charge in [-0.3, -0.25) is 4.98 Å². The number of morpholine rings is 1. The number of hydrogen-bond acceptors (Lipinski definition) is 4. The van der Waals surface area contributed by atoms with Crippen LogP contribution in [-0.2, 0) is 14.9 Å². The summed E-state index contributed by atoms with van der Waals surface area (Å²) in [7, 11) is -3.68. The van der Waals surface area contributed by atoms with Gasteiger partial charge in [-0.2, -0.15) is 17.4 Å². The van der Waals surface area contributed by atoms with Gasteiger partial charge in [0, 0.05) is 19.3 Å². The lowest BCUT2D eigenvalue weighted by Gasteiger charge is -2.35. The standard InChI is InChI=1S/C18H23N3O3S/c1-14-12-21(13-15(2)24-14)25(22,23)20-18(16-8-4-3-5-9-16)17-10-6-7-11-19-17/h3-11,14-15,18,20H,12-13H2,1-2H3. The average molecular weight is 361 g/mol. The molecule has 0 spiro atoms. The topological polar surface area (TPSA) is 71.5 Å². The highest BCUT2D eigenvalue weighted by Gasteiger charge is 2.33. The number of benzene rings is 1. The SMILES string of the molecule is CC1CN(S(=O)(=O)NC(c2ccccc2)c2ccccn2)CC(C)O1. The van der Waals surface area contributed by atoms with E-state index in [2.05, 4.69) is 9.71 Å². The Morgan fingerprint density at radius 1 is 1.08 bits per heavy atom. The highest BCUT2D eigenvalue weighted by atomic mass is 32.2. The molecule has 3 atom stereocenters. The molecule has 134 valence electrons. The van der Waals surface area contributed by atoms with Crippen LogP contribution < -0.4 is 4.72 Å². The Morgan fingerprint density at radius 2 is 1.72 bits per heavy atom. The first-order chi connectivity index (χ1) is 12.0. The number of nitrogens with zero attached hydrogens (tertiary/aromatic N) is 2. The highest BCUT2D eigenvalue weighted by molar-refractivity contribution is 7.87. The van der Waals surface area contributed by atoms with Crippen LogP contribution in [0.2, 0.25) is 0 Å². The molecule has 1 fully saturated rings. The predicted octanol–water partition coefficient (Wildman–Crippen LogP) is 2.11. The fourth-order valence-electron chi connectivity index (χ4n) is 3.04. The zero-order chi connectivity index (χ0) is 17.9. The van der Waals surface area contributed by atoms with E-state index >= 15 is 0 Å². The second kappa shape index (κ2) is 7.61. The van der Waals surface area contributed by atoms with E-state index in [1.165, 1.54) is 4.31 Å². The van der Waals surface area contributed by atoms with E-state index in [4.69, 9.17) is 4.74 Å². The molecule has 6 nitrogen and oxygen atoms in total. The summed E-state index contributed by atoms with van der Waals surface area (Å²) in [6.45, 7) is 4.43. The van der Waals surface area contributed by atoms with Gasteiger partial charge >= 0.3 is 0 Å². The van der Waals surface area contributed by atoms with Crippen LogP contribution in [0.5, 0.6) is 0 Å². The van der Waals surface area contributed by atoms with Crippen molar-refractivity contribution in [2.45, 2.75) is 32.1 Å². The number of nitrogens with one attached hydrogen (secondary N) is 1. The maximum Gasteiger partial charge on any atom is 0.280 e. The van der Waals surface area contributed by atoms with E-state index in [-0.39, 0.29) is 12.2 Å². The first-order valence-electron chi connectivity index (χ1n) is 8.34. The molecule has 1 saturated heterocycles. The number of rotatable bonds is 5. The van der Waals surface area contributed by atoms with E-state index in [0.717, 1.165) is 5.56 Å². The zero-order valence-corrected chi connectivity index (χ0v) is 15.2. The molecule has 7 heteroatoms. The number of aromatic nitrogens is 1. The quantitative estimate of drug-likeness (QED) is 0.885. The van der Waals surface area contributed by atoms with Crippen molar-refractivity contribution in [1.29, 1.82) is 0 Å². The molecular formula is C18H23N3O3S. The third kappa shape index (κ3) is 4.43. The summed E-state index contributed by atoms with van der Waals surface area (Å²) in [5.74, 6) is 0. The molecule has 0 radical (unpaired) electrons. The van der Waals surface area contributed by atoms with E-state index in [0.29, 0.717) is 18.8 Å². The van der Waals surface area contributed by atoms with Crippen molar-refractivity contribution >= 4 is 10.2 Å². The second-order valence-corrected chi connectivity index (χ2v) is 8.00. The van der Waals surface area contributed by atoms with Gasteiger partial charge in [0.25, 0.3) is 10.2 Å². The Balaban J connectivity index is 1.90. The monoisotopic (exact) mass is 361 g/mol. The molecule has 3 rings (SSSR count). The number of ether oxygens (including phenoxy) is 1. The molecule has 2 heterocycles. The van der Waals surface area contributed by atoms with Gasteiger partial charge in [-0.1, -0.05) is 36.4 Å².